The minimum Gasteiger partial charge on any atom is -0.384 e. The molecule has 156 valence electrons. The summed E-state index contributed by atoms with van der Waals surface area (Å²) in [5.41, 5.74) is 10.3. The van der Waals surface area contributed by atoms with Gasteiger partial charge in [0.1, 0.15) is 11.6 Å². The van der Waals surface area contributed by atoms with Crippen LogP contribution < -0.4 is 10.6 Å². The van der Waals surface area contributed by atoms with E-state index in [4.69, 9.17) is 15.7 Å². The summed E-state index contributed by atoms with van der Waals surface area (Å²) in [6, 6.07) is 11.3. The Morgan fingerprint density at radius 3 is 2.74 bits per heavy atom. The van der Waals surface area contributed by atoms with Crippen molar-refractivity contribution in [3.63, 3.8) is 0 Å². The molecule has 1 fully saturated rings. The SMILES string of the molecule is Nc1ccc(C(=O)Cc2cccc(-c3nc4c(c(N5CCCCC5)n3)CC=C4)c2)cn1. The molecule has 0 atom stereocenters. The number of nitrogens with two attached hydrogens (primary N) is 1. The molecule has 1 aromatic carbocycles. The zero-order chi connectivity index (χ0) is 21.2. The topological polar surface area (TPSA) is 85.0 Å². The number of hydrogen-bond acceptors (Lipinski definition) is 6. The van der Waals surface area contributed by atoms with E-state index in [2.05, 4.69) is 22.0 Å². The fourth-order valence-corrected chi connectivity index (χ4v) is 4.29. The molecule has 0 amide bonds. The maximum Gasteiger partial charge on any atom is 0.168 e. The summed E-state index contributed by atoms with van der Waals surface area (Å²) in [7, 11) is 0. The number of carbonyl (C=O) groups excluding carboxylic acids is 1. The largest absolute Gasteiger partial charge is 0.384 e. The van der Waals surface area contributed by atoms with E-state index in [1.165, 1.54) is 31.0 Å². The molecule has 0 bridgehead atoms. The molecule has 2 aromatic heterocycles. The van der Waals surface area contributed by atoms with Gasteiger partial charge in [-0.05, 0) is 55.5 Å². The molecule has 1 aliphatic carbocycles. The molecular weight excluding hydrogens is 386 g/mol. The van der Waals surface area contributed by atoms with Crippen LogP contribution in [-0.2, 0) is 12.8 Å². The van der Waals surface area contributed by atoms with Crippen molar-refractivity contribution < 1.29 is 4.79 Å². The standard InChI is InChI=1S/C25H25N5O/c26-23-11-10-19(16-27-23)22(31)15-17-6-4-7-18(14-17)24-28-21-9-5-8-20(21)25(29-24)30-12-2-1-3-13-30/h4-7,9-11,14,16H,1-3,8,12-13,15H2,(H2,26,27). The van der Waals surface area contributed by atoms with E-state index in [0.29, 0.717) is 23.6 Å². The Hall–Kier alpha value is -3.54. The number of piperidine rings is 1. The van der Waals surface area contributed by atoms with Gasteiger partial charge in [0.2, 0.25) is 0 Å². The van der Waals surface area contributed by atoms with Crippen molar-refractivity contribution in [3.05, 3.63) is 71.1 Å². The molecule has 31 heavy (non-hydrogen) atoms. The number of hydrogen-bond donors (Lipinski definition) is 1. The number of ketones is 1. The zero-order valence-electron chi connectivity index (χ0n) is 17.4. The van der Waals surface area contributed by atoms with Crippen molar-refractivity contribution >= 4 is 23.5 Å². The van der Waals surface area contributed by atoms with Gasteiger partial charge in [-0.2, -0.15) is 0 Å². The van der Waals surface area contributed by atoms with Crippen LogP contribution in [-0.4, -0.2) is 33.8 Å². The summed E-state index contributed by atoms with van der Waals surface area (Å²) < 4.78 is 0. The van der Waals surface area contributed by atoms with Crippen LogP contribution >= 0.6 is 0 Å². The molecule has 3 heterocycles. The number of rotatable bonds is 5. The first-order chi connectivity index (χ1) is 15.2. The van der Waals surface area contributed by atoms with E-state index < -0.39 is 0 Å². The smallest absolute Gasteiger partial charge is 0.168 e. The Balaban J connectivity index is 1.44. The Labute approximate surface area is 181 Å². The second kappa shape index (κ2) is 8.30. The fraction of sp³-hybridized carbons (Fsp3) is 0.280. The van der Waals surface area contributed by atoms with E-state index in [-0.39, 0.29) is 5.78 Å². The van der Waals surface area contributed by atoms with Crippen molar-refractivity contribution in [1.82, 2.24) is 15.0 Å². The average Bonchev–Trinajstić information content (AvgIpc) is 3.28. The molecule has 0 radical (unpaired) electrons. The number of carbonyl (C=O) groups is 1. The third kappa shape index (κ3) is 4.06. The number of benzene rings is 1. The van der Waals surface area contributed by atoms with Gasteiger partial charge in [0.05, 0.1) is 5.69 Å². The monoisotopic (exact) mass is 411 g/mol. The van der Waals surface area contributed by atoms with Gasteiger partial charge in [-0.15, -0.1) is 0 Å². The minimum absolute atomic E-state index is 0.0106. The number of nitrogens with zero attached hydrogens (tertiary/aromatic N) is 4. The van der Waals surface area contributed by atoms with Crippen molar-refractivity contribution in [1.29, 1.82) is 0 Å². The highest BCUT2D eigenvalue weighted by Crippen LogP contribution is 2.31. The summed E-state index contributed by atoms with van der Waals surface area (Å²) >= 11 is 0. The molecule has 0 spiro atoms. The predicted octanol–water partition coefficient (Wildman–Crippen LogP) is 4.11. The van der Waals surface area contributed by atoms with Gasteiger partial charge in [-0.1, -0.05) is 24.3 Å². The van der Waals surface area contributed by atoms with Gasteiger partial charge < -0.3 is 10.6 Å². The molecule has 2 aliphatic rings. The lowest BCUT2D eigenvalue weighted by atomic mass is 10.0. The Bertz CT molecular complexity index is 1150. The second-order valence-corrected chi connectivity index (χ2v) is 8.16. The van der Waals surface area contributed by atoms with Gasteiger partial charge in [-0.3, -0.25) is 4.79 Å². The molecule has 3 aromatic rings. The highest BCUT2D eigenvalue weighted by molar-refractivity contribution is 5.97. The van der Waals surface area contributed by atoms with Gasteiger partial charge in [0, 0.05) is 42.4 Å². The quantitative estimate of drug-likeness (QED) is 0.636. The summed E-state index contributed by atoms with van der Waals surface area (Å²) in [5.74, 6) is 2.20. The van der Waals surface area contributed by atoms with Crippen molar-refractivity contribution in [2.24, 2.45) is 0 Å². The summed E-state index contributed by atoms with van der Waals surface area (Å²) in [6.45, 7) is 2.10. The van der Waals surface area contributed by atoms with E-state index in [1.54, 1.807) is 12.1 Å². The Morgan fingerprint density at radius 1 is 1.06 bits per heavy atom. The predicted molar refractivity (Wildman–Crippen MR) is 123 cm³/mol. The van der Waals surface area contributed by atoms with Crippen LogP contribution in [0, 0.1) is 0 Å². The van der Waals surface area contributed by atoms with E-state index in [1.807, 2.05) is 24.3 Å². The van der Waals surface area contributed by atoms with Crippen LogP contribution in [0.4, 0.5) is 11.6 Å². The van der Waals surface area contributed by atoms with Crippen LogP contribution in [0.5, 0.6) is 0 Å². The summed E-state index contributed by atoms with van der Waals surface area (Å²) in [4.78, 5) is 28.9. The zero-order valence-corrected chi connectivity index (χ0v) is 17.4. The van der Waals surface area contributed by atoms with Crippen LogP contribution in [0.2, 0.25) is 0 Å². The molecule has 1 aliphatic heterocycles. The van der Waals surface area contributed by atoms with Gasteiger partial charge >= 0.3 is 0 Å². The van der Waals surface area contributed by atoms with Crippen LogP contribution in [0.1, 0.15) is 46.4 Å². The first kappa shape index (κ1) is 19.4. The number of Topliss-reactive ketones (excluding diaryl/α,β-unsaturated/α-hetero) is 1. The van der Waals surface area contributed by atoms with Crippen LogP contribution in [0.25, 0.3) is 17.5 Å². The summed E-state index contributed by atoms with van der Waals surface area (Å²) in [6.07, 6.45) is 10.7. The number of pyridine rings is 1. The number of fused-ring (bicyclic) bond motifs is 1. The number of nitrogen functional groups attached to an aromatic ring is 1. The third-order valence-corrected chi connectivity index (χ3v) is 5.93. The molecule has 2 N–H and O–H groups in total. The minimum atomic E-state index is 0.0106. The molecular formula is C25H25N5O. The second-order valence-electron chi connectivity index (χ2n) is 8.16. The number of anilines is 2. The van der Waals surface area contributed by atoms with E-state index >= 15 is 0 Å². The summed E-state index contributed by atoms with van der Waals surface area (Å²) in [5, 5.41) is 0. The molecule has 0 unspecified atom stereocenters. The van der Waals surface area contributed by atoms with E-state index in [0.717, 1.165) is 42.1 Å². The fourth-order valence-electron chi connectivity index (χ4n) is 4.29. The molecule has 1 saturated heterocycles. The van der Waals surface area contributed by atoms with Crippen LogP contribution in [0.3, 0.4) is 0 Å². The lowest BCUT2D eigenvalue weighted by Crippen LogP contribution is -2.31. The molecule has 6 heteroatoms. The molecule has 0 saturated carbocycles. The van der Waals surface area contributed by atoms with Crippen LogP contribution in [0.15, 0.2) is 48.7 Å². The first-order valence-corrected chi connectivity index (χ1v) is 10.8. The first-order valence-electron chi connectivity index (χ1n) is 10.8. The highest BCUT2D eigenvalue weighted by atomic mass is 16.1. The van der Waals surface area contributed by atoms with Crippen molar-refractivity contribution in [3.8, 4) is 11.4 Å². The number of aromatic nitrogens is 3. The van der Waals surface area contributed by atoms with Gasteiger partial charge in [-0.25, -0.2) is 15.0 Å². The van der Waals surface area contributed by atoms with Gasteiger partial charge in [0.15, 0.2) is 11.6 Å². The van der Waals surface area contributed by atoms with E-state index in [9.17, 15) is 4.79 Å². The molecule has 5 rings (SSSR count). The van der Waals surface area contributed by atoms with Gasteiger partial charge in [0.25, 0.3) is 0 Å². The maximum atomic E-state index is 12.7. The lowest BCUT2D eigenvalue weighted by Gasteiger charge is -2.29. The van der Waals surface area contributed by atoms with Crippen molar-refractivity contribution in [2.45, 2.75) is 32.1 Å². The highest BCUT2D eigenvalue weighted by Gasteiger charge is 2.22. The Morgan fingerprint density at radius 2 is 1.94 bits per heavy atom. The Kier molecular flexibility index (Phi) is 5.20. The van der Waals surface area contributed by atoms with Crippen molar-refractivity contribution in [2.75, 3.05) is 23.7 Å². The average molecular weight is 412 g/mol. The molecule has 6 nitrogen and oxygen atoms in total. The lowest BCUT2D eigenvalue weighted by molar-refractivity contribution is 0.0992. The third-order valence-electron chi connectivity index (χ3n) is 5.93. The normalized spacial score (nSPS) is 15.2. The maximum absolute atomic E-state index is 12.7. The number of allylic oxidation sites excluding steroid dienone is 1.